The number of carbonyl (C=O) groups excluding carboxylic acids is 3. The Morgan fingerprint density at radius 3 is 2.54 bits per heavy atom. The van der Waals surface area contributed by atoms with Gasteiger partial charge in [-0.05, 0) is 48.4 Å². The molecular weight excluding hydrogens is 608 g/mol. The molecule has 2 fully saturated rings. The van der Waals surface area contributed by atoms with Crippen LogP contribution in [0.5, 0.6) is 0 Å². The number of rotatable bonds is 13. The molecule has 1 heterocycles. The number of nitrogens with one attached hydrogen (secondary N) is 2. The Labute approximate surface area is 278 Å². The fraction of sp³-hybridized carbons (Fsp3) is 0.571. The van der Waals surface area contributed by atoms with Gasteiger partial charge in [-0.25, -0.2) is 14.4 Å². The molecule has 3 atom stereocenters. The van der Waals surface area contributed by atoms with E-state index in [0.717, 1.165) is 43.2 Å². The Bertz CT molecular complexity index is 1240. The highest BCUT2D eigenvalue weighted by Crippen LogP contribution is 2.34. The minimum Gasteiger partial charge on any atom is -0.453 e. The van der Waals surface area contributed by atoms with Gasteiger partial charge in [0.05, 0.1) is 19.8 Å². The van der Waals surface area contributed by atoms with E-state index in [4.69, 9.17) is 21.1 Å². The zero-order valence-electron chi connectivity index (χ0n) is 27.1. The molecule has 0 unspecified atom stereocenters. The second-order valence-corrected chi connectivity index (χ2v) is 12.9. The maximum absolute atomic E-state index is 13.8. The number of carbonyl (C=O) groups is 3. The summed E-state index contributed by atoms with van der Waals surface area (Å²) in [5.41, 5.74) is 1.86. The molecular formula is C35H49ClN4O6. The van der Waals surface area contributed by atoms with Crippen molar-refractivity contribution in [1.82, 2.24) is 20.4 Å². The molecule has 0 radical (unpaired) electrons. The summed E-state index contributed by atoms with van der Waals surface area (Å²) in [7, 11) is 3.05. The molecule has 2 N–H and O–H groups in total. The number of nitrogens with zero attached hydrogens (tertiary/aromatic N) is 2. The molecule has 1 aliphatic carbocycles. The summed E-state index contributed by atoms with van der Waals surface area (Å²) in [5.74, 6) is 0.546. The summed E-state index contributed by atoms with van der Waals surface area (Å²) >= 11 is 6.34. The molecule has 4 rings (SSSR count). The van der Waals surface area contributed by atoms with Crippen molar-refractivity contribution in [3.05, 3.63) is 70.7 Å². The number of ether oxygens (including phenoxy) is 3. The lowest BCUT2D eigenvalue weighted by Crippen LogP contribution is -2.52. The molecule has 252 valence electrons. The third-order valence-electron chi connectivity index (χ3n) is 8.89. The van der Waals surface area contributed by atoms with Crippen molar-refractivity contribution in [3.63, 3.8) is 0 Å². The van der Waals surface area contributed by atoms with E-state index < -0.39 is 12.2 Å². The predicted octanol–water partition coefficient (Wildman–Crippen LogP) is 6.78. The van der Waals surface area contributed by atoms with E-state index in [1.807, 2.05) is 59.5 Å². The van der Waals surface area contributed by atoms with E-state index in [9.17, 15) is 14.4 Å². The van der Waals surface area contributed by atoms with Crippen LogP contribution in [0.25, 0.3) is 0 Å². The summed E-state index contributed by atoms with van der Waals surface area (Å²) in [6.45, 7) is 2.30. The zero-order chi connectivity index (χ0) is 32.7. The highest BCUT2D eigenvalue weighted by Gasteiger charge is 2.33. The van der Waals surface area contributed by atoms with Gasteiger partial charge in [-0.15, -0.1) is 0 Å². The first-order valence-electron chi connectivity index (χ1n) is 16.5. The van der Waals surface area contributed by atoms with Crippen molar-refractivity contribution >= 4 is 29.8 Å². The minimum atomic E-state index is -0.513. The summed E-state index contributed by atoms with van der Waals surface area (Å²) in [5, 5.41) is 6.55. The van der Waals surface area contributed by atoms with E-state index in [-0.39, 0.29) is 37.3 Å². The minimum absolute atomic E-state index is 0.0310. The number of piperidine rings is 1. The van der Waals surface area contributed by atoms with Crippen LogP contribution in [0.2, 0.25) is 5.02 Å². The zero-order valence-corrected chi connectivity index (χ0v) is 27.9. The molecule has 0 spiro atoms. The van der Waals surface area contributed by atoms with Crippen LogP contribution in [0.3, 0.4) is 0 Å². The van der Waals surface area contributed by atoms with Crippen LogP contribution < -0.4 is 10.6 Å². The number of hydrogen-bond acceptors (Lipinski definition) is 6. The summed E-state index contributed by atoms with van der Waals surface area (Å²) < 4.78 is 16.5. The standard InChI is InChI=1S/C35H49ClN4O6/c1-39(35(43)46-25-27-13-7-4-8-14-27)24-31(21-26-11-5-3-6-12-26)38-33(41)40-19-10-16-29(23-40)32(28-15-9-17-30(36)22-28)45-20-18-37-34(42)44-2/h4,7-9,13-15,17,22,26,29,31-32H,3,5-6,10-12,16,18-21,23-25H2,1-2H3,(H,37,42)(H,38,41)/t29-,31+,32+/m1/s1. The molecule has 10 nitrogen and oxygen atoms in total. The quantitative estimate of drug-likeness (QED) is 0.230. The Balaban J connectivity index is 1.39. The molecule has 0 aromatic heterocycles. The predicted molar refractivity (Wildman–Crippen MR) is 178 cm³/mol. The largest absolute Gasteiger partial charge is 0.453 e. The molecule has 1 saturated heterocycles. The van der Waals surface area contributed by atoms with Crippen molar-refractivity contribution in [2.75, 3.05) is 46.9 Å². The topological polar surface area (TPSA) is 109 Å². The molecule has 11 heteroatoms. The second kappa shape index (κ2) is 18.6. The molecule has 0 bridgehead atoms. The number of likely N-dealkylation sites (tertiary alicyclic amines) is 1. The number of amides is 4. The Morgan fingerprint density at radius 1 is 1.02 bits per heavy atom. The van der Waals surface area contributed by atoms with Gasteiger partial charge in [0.25, 0.3) is 0 Å². The number of likely N-dealkylation sites (N-methyl/N-ethyl adjacent to an activating group) is 1. The van der Waals surface area contributed by atoms with Crippen LogP contribution in [0.15, 0.2) is 54.6 Å². The number of methoxy groups -OCH3 is 1. The molecule has 2 aliphatic rings. The molecule has 46 heavy (non-hydrogen) atoms. The molecule has 2 aromatic rings. The third kappa shape index (κ3) is 11.4. The van der Waals surface area contributed by atoms with Crippen LogP contribution >= 0.6 is 11.6 Å². The highest BCUT2D eigenvalue weighted by atomic mass is 35.5. The lowest BCUT2D eigenvalue weighted by molar-refractivity contribution is -0.00871. The Kier molecular flexibility index (Phi) is 14.3. The van der Waals surface area contributed by atoms with Crippen molar-refractivity contribution in [2.45, 2.75) is 70.1 Å². The van der Waals surface area contributed by atoms with E-state index in [1.165, 1.54) is 26.4 Å². The van der Waals surface area contributed by atoms with Crippen molar-refractivity contribution in [1.29, 1.82) is 0 Å². The van der Waals surface area contributed by atoms with Crippen LogP contribution in [0.4, 0.5) is 14.4 Å². The molecule has 4 amide bonds. The van der Waals surface area contributed by atoms with Gasteiger partial charge in [0.15, 0.2) is 0 Å². The van der Waals surface area contributed by atoms with Crippen LogP contribution in [-0.2, 0) is 20.8 Å². The average Bonchev–Trinajstić information content (AvgIpc) is 3.08. The highest BCUT2D eigenvalue weighted by molar-refractivity contribution is 6.30. The first kappa shape index (κ1) is 35.4. The average molecular weight is 657 g/mol. The van der Waals surface area contributed by atoms with Gasteiger partial charge in [0.2, 0.25) is 0 Å². The van der Waals surface area contributed by atoms with Crippen molar-refractivity contribution in [3.8, 4) is 0 Å². The molecule has 2 aromatic carbocycles. The number of urea groups is 1. The van der Waals surface area contributed by atoms with E-state index in [0.29, 0.717) is 37.1 Å². The van der Waals surface area contributed by atoms with Gasteiger partial charge in [0, 0.05) is 50.2 Å². The lowest BCUT2D eigenvalue weighted by Gasteiger charge is -2.38. The van der Waals surface area contributed by atoms with E-state index >= 15 is 0 Å². The third-order valence-corrected chi connectivity index (χ3v) is 9.12. The lowest BCUT2D eigenvalue weighted by atomic mass is 9.84. The fourth-order valence-electron chi connectivity index (χ4n) is 6.55. The number of alkyl carbamates (subject to hydrolysis) is 1. The number of benzene rings is 2. The van der Waals surface area contributed by atoms with Gasteiger partial charge < -0.3 is 34.6 Å². The summed E-state index contributed by atoms with van der Waals surface area (Å²) in [6.07, 6.45) is 7.25. The monoisotopic (exact) mass is 656 g/mol. The van der Waals surface area contributed by atoms with Crippen LogP contribution in [0.1, 0.15) is 68.6 Å². The maximum atomic E-state index is 13.8. The van der Waals surface area contributed by atoms with Gasteiger partial charge in [-0.2, -0.15) is 0 Å². The normalized spacial score (nSPS) is 18.2. The SMILES string of the molecule is COC(=O)NCCO[C@@H](c1cccc(Cl)c1)[C@@H]1CCCN(C(=O)N[C@@H](CC2CCCCC2)CN(C)C(=O)OCc2ccccc2)C1. The summed E-state index contributed by atoms with van der Waals surface area (Å²) in [4.78, 5) is 41.6. The van der Waals surface area contributed by atoms with Gasteiger partial charge >= 0.3 is 18.2 Å². The van der Waals surface area contributed by atoms with Gasteiger partial charge in [-0.1, -0.05) is 86.2 Å². The van der Waals surface area contributed by atoms with Crippen molar-refractivity contribution in [2.24, 2.45) is 11.8 Å². The maximum Gasteiger partial charge on any atom is 0.409 e. The Morgan fingerprint density at radius 2 is 1.80 bits per heavy atom. The van der Waals surface area contributed by atoms with Crippen LogP contribution in [-0.4, -0.2) is 81.0 Å². The Hall–Kier alpha value is -3.50. The van der Waals surface area contributed by atoms with Gasteiger partial charge in [-0.3, -0.25) is 0 Å². The number of hydrogen-bond donors (Lipinski definition) is 2. The van der Waals surface area contributed by atoms with Crippen molar-refractivity contribution < 1.29 is 28.6 Å². The summed E-state index contributed by atoms with van der Waals surface area (Å²) in [6, 6.07) is 16.9. The fourth-order valence-corrected chi connectivity index (χ4v) is 6.74. The second-order valence-electron chi connectivity index (χ2n) is 12.4. The smallest absolute Gasteiger partial charge is 0.409 e. The van der Waals surface area contributed by atoms with E-state index in [2.05, 4.69) is 15.4 Å². The molecule has 1 aliphatic heterocycles. The van der Waals surface area contributed by atoms with E-state index in [1.54, 1.807) is 11.9 Å². The first-order valence-corrected chi connectivity index (χ1v) is 16.9. The van der Waals surface area contributed by atoms with Crippen LogP contribution in [0, 0.1) is 11.8 Å². The van der Waals surface area contributed by atoms with Gasteiger partial charge in [0.1, 0.15) is 6.61 Å². The molecule has 1 saturated carbocycles. The first-order chi connectivity index (χ1) is 22.3. The number of halogens is 1.